The van der Waals surface area contributed by atoms with Crippen molar-refractivity contribution in [2.75, 3.05) is 11.9 Å². The van der Waals surface area contributed by atoms with Crippen LogP contribution in [0.4, 0.5) is 5.82 Å². The molecule has 2 rings (SSSR count). The third-order valence-corrected chi connectivity index (χ3v) is 3.42. The molecule has 0 amide bonds. The Balaban J connectivity index is 2.58. The molecule has 2 heterocycles. The van der Waals surface area contributed by atoms with Crippen LogP contribution in [0.25, 0.3) is 11.5 Å². The summed E-state index contributed by atoms with van der Waals surface area (Å²) in [6.07, 6.45) is 4.93. The molecule has 114 valence electrons. The predicted molar refractivity (Wildman–Crippen MR) is 86.5 cm³/mol. The van der Waals surface area contributed by atoms with Gasteiger partial charge in [0.1, 0.15) is 17.3 Å². The largest absolute Gasteiger partial charge is 0.370 e. The van der Waals surface area contributed by atoms with E-state index in [2.05, 4.69) is 54.5 Å². The van der Waals surface area contributed by atoms with Crippen molar-refractivity contribution in [3.63, 3.8) is 0 Å². The minimum atomic E-state index is 0.288. The molecule has 2 aromatic heterocycles. The van der Waals surface area contributed by atoms with Crippen LogP contribution in [-0.4, -0.2) is 26.1 Å². The van der Waals surface area contributed by atoms with Gasteiger partial charge in [0.25, 0.3) is 0 Å². The molecular formula is C16H25N5. The summed E-state index contributed by atoms with van der Waals surface area (Å²) < 4.78 is 2.16. The molecule has 0 spiro atoms. The maximum atomic E-state index is 4.77. The van der Waals surface area contributed by atoms with Gasteiger partial charge in [-0.2, -0.15) is 0 Å². The van der Waals surface area contributed by atoms with E-state index in [1.807, 2.05) is 12.4 Å². The Hall–Kier alpha value is -1.91. The molecule has 0 aliphatic heterocycles. The van der Waals surface area contributed by atoms with Gasteiger partial charge < -0.3 is 9.88 Å². The zero-order valence-electron chi connectivity index (χ0n) is 13.6. The molecule has 0 saturated heterocycles. The van der Waals surface area contributed by atoms with Gasteiger partial charge >= 0.3 is 0 Å². The summed E-state index contributed by atoms with van der Waals surface area (Å²) in [5.74, 6) is 2.99. The first-order valence-corrected chi connectivity index (χ1v) is 7.72. The molecule has 0 aromatic carbocycles. The molecule has 0 fully saturated rings. The first-order valence-electron chi connectivity index (χ1n) is 7.72. The van der Waals surface area contributed by atoms with E-state index in [9.17, 15) is 0 Å². The van der Waals surface area contributed by atoms with E-state index in [4.69, 9.17) is 4.98 Å². The molecule has 0 saturated carbocycles. The quantitative estimate of drug-likeness (QED) is 0.881. The fraction of sp³-hybridized carbons (Fsp3) is 0.562. The molecule has 0 unspecified atom stereocenters. The van der Waals surface area contributed by atoms with Gasteiger partial charge in [-0.25, -0.2) is 15.0 Å². The molecular weight excluding hydrogens is 262 g/mol. The number of rotatable bonds is 6. The van der Waals surface area contributed by atoms with Gasteiger partial charge in [0.05, 0.1) is 0 Å². The van der Waals surface area contributed by atoms with Crippen molar-refractivity contribution in [1.29, 1.82) is 0 Å². The minimum absolute atomic E-state index is 0.288. The first-order chi connectivity index (χ1) is 10.1. The van der Waals surface area contributed by atoms with Crippen molar-refractivity contribution in [1.82, 2.24) is 19.5 Å². The Kier molecular flexibility index (Phi) is 4.94. The summed E-state index contributed by atoms with van der Waals surface area (Å²) in [5, 5.41) is 3.34. The van der Waals surface area contributed by atoms with E-state index in [0.717, 1.165) is 48.2 Å². The Morgan fingerprint density at radius 1 is 1.24 bits per heavy atom. The number of nitrogens with one attached hydrogen (secondary N) is 1. The summed E-state index contributed by atoms with van der Waals surface area (Å²) in [6.45, 7) is 12.3. The maximum absolute atomic E-state index is 4.77. The fourth-order valence-corrected chi connectivity index (χ4v) is 2.30. The molecule has 21 heavy (non-hydrogen) atoms. The van der Waals surface area contributed by atoms with Crippen LogP contribution in [0.1, 0.15) is 51.4 Å². The summed E-state index contributed by atoms with van der Waals surface area (Å²) >= 11 is 0. The van der Waals surface area contributed by atoms with Crippen LogP contribution in [0.5, 0.6) is 0 Å². The Morgan fingerprint density at radius 2 is 2.00 bits per heavy atom. The zero-order valence-corrected chi connectivity index (χ0v) is 13.6. The average Bonchev–Trinajstić information content (AvgIpc) is 2.89. The number of aromatic nitrogens is 4. The third kappa shape index (κ3) is 3.23. The Bertz CT molecular complexity index is 601. The van der Waals surface area contributed by atoms with E-state index < -0.39 is 0 Å². The molecule has 0 radical (unpaired) electrons. The van der Waals surface area contributed by atoms with Gasteiger partial charge in [-0.05, 0) is 20.3 Å². The second-order valence-electron chi connectivity index (χ2n) is 5.53. The van der Waals surface area contributed by atoms with Crippen molar-refractivity contribution < 1.29 is 0 Å². The summed E-state index contributed by atoms with van der Waals surface area (Å²) in [7, 11) is 0. The second kappa shape index (κ2) is 6.70. The smallest absolute Gasteiger partial charge is 0.159 e. The van der Waals surface area contributed by atoms with Crippen LogP contribution in [-0.2, 0) is 6.54 Å². The molecule has 1 N–H and O–H groups in total. The highest BCUT2D eigenvalue weighted by Crippen LogP contribution is 2.26. The van der Waals surface area contributed by atoms with E-state index in [1.54, 1.807) is 0 Å². The lowest BCUT2D eigenvalue weighted by Gasteiger charge is -2.15. The van der Waals surface area contributed by atoms with E-state index in [-0.39, 0.29) is 5.92 Å². The Labute approximate surface area is 126 Å². The molecule has 0 bridgehead atoms. The summed E-state index contributed by atoms with van der Waals surface area (Å²) in [4.78, 5) is 13.9. The van der Waals surface area contributed by atoms with E-state index in [0.29, 0.717) is 0 Å². The van der Waals surface area contributed by atoms with Crippen molar-refractivity contribution in [2.24, 2.45) is 0 Å². The fourth-order valence-electron chi connectivity index (χ4n) is 2.30. The van der Waals surface area contributed by atoms with Crippen LogP contribution >= 0.6 is 0 Å². The second-order valence-corrected chi connectivity index (χ2v) is 5.53. The summed E-state index contributed by atoms with van der Waals surface area (Å²) in [6, 6.07) is 0. The first kappa shape index (κ1) is 15.5. The number of hydrogen-bond donors (Lipinski definition) is 1. The topological polar surface area (TPSA) is 55.6 Å². The monoisotopic (exact) mass is 287 g/mol. The number of anilines is 1. The molecule has 0 aliphatic carbocycles. The van der Waals surface area contributed by atoms with Gasteiger partial charge in [-0.3, -0.25) is 0 Å². The average molecular weight is 287 g/mol. The van der Waals surface area contributed by atoms with Crippen molar-refractivity contribution in [3.8, 4) is 11.5 Å². The SMILES string of the molecule is CCCn1ccnc1-c1nc(C(C)C)nc(NCC)c1C. The van der Waals surface area contributed by atoms with Crippen molar-refractivity contribution in [3.05, 3.63) is 23.8 Å². The molecule has 0 aliphatic rings. The van der Waals surface area contributed by atoms with Crippen LogP contribution in [0.3, 0.4) is 0 Å². The Morgan fingerprint density at radius 3 is 2.62 bits per heavy atom. The number of hydrogen-bond acceptors (Lipinski definition) is 4. The van der Waals surface area contributed by atoms with Gasteiger partial charge in [0.2, 0.25) is 0 Å². The highest BCUT2D eigenvalue weighted by molar-refractivity contribution is 5.63. The third-order valence-electron chi connectivity index (χ3n) is 3.42. The van der Waals surface area contributed by atoms with Gasteiger partial charge in [-0.15, -0.1) is 0 Å². The van der Waals surface area contributed by atoms with Crippen LogP contribution in [0, 0.1) is 6.92 Å². The lowest BCUT2D eigenvalue weighted by Crippen LogP contribution is -2.10. The minimum Gasteiger partial charge on any atom is -0.370 e. The standard InChI is InChI=1S/C16H25N5/c1-6-9-21-10-8-18-16(21)13-12(5)15(17-7-2)20-14(19-13)11(3)4/h8,10-11H,6-7,9H2,1-5H3,(H,17,19,20). The van der Waals surface area contributed by atoms with Crippen LogP contribution < -0.4 is 5.32 Å². The predicted octanol–water partition coefficient (Wildman–Crippen LogP) is 3.61. The van der Waals surface area contributed by atoms with Crippen LogP contribution in [0.2, 0.25) is 0 Å². The van der Waals surface area contributed by atoms with Crippen molar-refractivity contribution >= 4 is 5.82 Å². The van der Waals surface area contributed by atoms with Crippen LogP contribution in [0.15, 0.2) is 12.4 Å². The molecule has 0 atom stereocenters. The van der Waals surface area contributed by atoms with E-state index in [1.165, 1.54) is 0 Å². The van der Waals surface area contributed by atoms with Gasteiger partial charge in [0.15, 0.2) is 5.82 Å². The van der Waals surface area contributed by atoms with Gasteiger partial charge in [0, 0.05) is 37.0 Å². The number of aryl methyl sites for hydroxylation is 1. The molecule has 5 heteroatoms. The lowest BCUT2D eigenvalue weighted by atomic mass is 10.1. The number of nitrogens with zero attached hydrogens (tertiary/aromatic N) is 4. The zero-order chi connectivity index (χ0) is 15.4. The maximum Gasteiger partial charge on any atom is 0.159 e. The highest BCUT2D eigenvalue weighted by atomic mass is 15.1. The lowest BCUT2D eigenvalue weighted by molar-refractivity contribution is 0.681. The summed E-state index contributed by atoms with van der Waals surface area (Å²) in [5.41, 5.74) is 1.99. The van der Waals surface area contributed by atoms with E-state index >= 15 is 0 Å². The normalized spacial score (nSPS) is 11.1. The molecule has 5 nitrogen and oxygen atoms in total. The van der Waals surface area contributed by atoms with Gasteiger partial charge in [-0.1, -0.05) is 20.8 Å². The number of imidazole rings is 1. The highest BCUT2D eigenvalue weighted by Gasteiger charge is 2.17. The van der Waals surface area contributed by atoms with Crippen molar-refractivity contribution in [2.45, 2.75) is 53.5 Å². The molecule has 2 aromatic rings.